The lowest BCUT2D eigenvalue weighted by Gasteiger charge is -2.32. The van der Waals surface area contributed by atoms with E-state index in [1.54, 1.807) is 18.0 Å². The Kier molecular flexibility index (Phi) is 4.96. The first-order valence-electron chi connectivity index (χ1n) is 10.1. The highest BCUT2D eigenvalue weighted by atomic mass is 16.5. The molecular formula is C22H27N3O3. The molecule has 1 fully saturated rings. The van der Waals surface area contributed by atoms with Gasteiger partial charge in [-0.25, -0.2) is 0 Å². The van der Waals surface area contributed by atoms with Crippen LogP contribution in [0.25, 0.3) is 0 Å². The number of fused-ring (bicyclic) bond motifs is 1. The maximum atomic E-state index is 12.6. The van der Waals surface area contributed by atoms with E-state index < -0.39 is 11.8 Å². The van der Waals surface area contributed by atoms with E-state index in [-0.39, 0.29) is 11.5 Å². The molecule has 1 heterocycles. The van der Waals surface area contributed by atoms with Crippen molar-refractivity contribution in [3.8, 4) is 0 Å². The summed E-state index contributed by atoms with van der Waals surface area (Å²) in [6.45, 7) is 2.16. The number of anilines is 1. The normalized spacial score (nSPS) is 20.4. The van der Waals surface area contributed by atoms with Crippen LogP contribution in [-0.2, 0) is 27.8 Å². The Labute approximate surface area is 165 Å². The van der Waals surface area contributed by atoms with Crippen LogP contribution in [0, 0.1) is 0 Å². The number of likely N-dealkylation sites (N-methyl/N-ethyl adjacent to an activating group) is 1. The van der Waals surface area contributed by atoms with E-state index in [9.17, 15) is 9.59 Å². The van der Waals surface area contributed by atoms with Gasteiger partial charge in [-0.1, -0.05) is 49.2 Å². The number of carbonyl (C=O) groups is 2. The highest BCUT2D eigenvalue weighted by Gasteiger charge is 2.35. The predicted molar refractivity (Wildman–Crippen MR) is 106 cm³/mol. The van der Waals surface area contributed by atoms with Crippen LogP contribution in [0.2, 0.25) is 0 Å². The first-order chi connectivity index (χ1) is 13.5. The number of hydrogen-bond acceptors (Lipinski definition) is 4. The van der Waals surface area contributed by atoms with E-state index in [0.717, 1.165) is 37.9 Å². The standard InChI is InChI=1S/C22H27N3O3/c1-22(11-5-6-12-22)18-14-19(24-28-18)23-20(26)21(27)25(2)17-10-9-15-7-3-4-8-16(15)13-17/h3-4,7-8,14,17H,5-6,9-13H2,1-2H3,(H,23,24,26). The molecule has 4 rings (SSSR count). The van der Waals surface area contributed by atoms with Crippen LogP contribution in [0.15, 0.2) is 34.9 Å². The average molecular weight is 381 g/mol. The van der Waals surface area contributed by atoms with E-state index >= 15 is 0 Å². The molecule has 1 N–H and O–H groups in total. The van der Waals surface area contributed by atoms with Gasteiger partial charge in [0.15, 0.2) is 5.82 Å². The number of carbonyl (C=O) groups excluding carboxylic acids is 2. The fourth-order valence-corrected chi connectivity index (χ4v) is 4.53. The molecule has 2 aliphatic rings. The van der Waals surface area contributed by atoms with E-state index in [1.807, 2.05) is 12.1 Å². The molecule has 2 aromatic rings. The third-order valence-electron chi connectivity index (χ3n) is 6.44. The van der Waals surface area contributed by atoms with Gasteiger partial charge in [-0.15, -0.1) is 0 Å². The Morgan fingerprint density at radius 2 is 1.93 bits per heavy atom. The lowest BCUT2D eigenvalue weighted by molar-refractivity contribution is -0.143. The fourth-order valence-electron chi connectivity index (χ4n) is 4.53. The van der Waals surface area contributed by atoms with Gasteiger partial charge in [0, 0.05) is 24.6 Å². The van der Waals surface area contributed by atoms with Crippen LogP contribution in [0.5, 0.6) is 0 Å². The SMILES string of the molecule is CN(C(=O)C(=O)Nc1cc(C2(C)CCCC2)on1)C1CCc2ccccc2C1. The molecule has 0 saturated heterocycles. The van der Waals surface area contributed by atoms with Gasteiger partial charge in [-0.2, -0.15) is 0 Å². The third kappa shape index (κ3) is 3.55. The Hall–Kier alpha value is -2.63. The van der Waals surface area contributed by atoms with Crippen molar-refractivity contribution in [1.82, 2.24) is 10.1 Å². The Morgan fingerprint density at radius 1 is 1.21 bits per heavy atom. The number of rotatable bonds is 3. The lowest BCUT2D eigenvalue weighted by Crippen LogP contribution is -2.45. The van der Waals surface area contributed by atoms with Crippen molar-refractivity contribution in [3.05, 3.63) is 47.2 Å². The van der Waals surface area contributed by atoms with Crippen LogP contribution < -0.4 is 5.32 Å². The molecule has 2 aliphatic carbocycles. The second-order valence-corrected chi connectivity index (χ2v) is 8.38. The van der Waals surface area contributed by atoms with Crippen LogP contribution in [0.4, 0.5) is 5.82 Å². The molecule has 0 aliphatic heterocycles. The van der Waals surface area contributed by atoms with Gasteiger partial charge in [0.1, 0.15) is 5.76 Å². The topological polar surface area (TPSA) is 75.4 Å². The highest BCUT2D eigenvalue weighted by Crippen LogP contribution is 2.41. The summed E-state index contributed by atoms with van der Waals surface area (Å²) in [7, 11) is 1.70. The van der Waals surface area contributed by atoms with Crippen molar-refractivity contribution >= 4 is 17.6 Å². The molecule has 1 saturated carbocycles. The monoisotopic (exact) mass is 381 g/mol. The number of nitrogens with zero attached hydrogens (tertiary/aromatic N) is 2. The predicted octanol–water partition coefficient (Wildman–Crippen LogP) is 3.46. The maximum absolute atomic E-state index is 12.6. The molecule has 6 nitrogen and oxygen atoms in total. The Morgan fingerprint density at radius 3 is 2.68 bits per heavy atom. The van der Waals surface area contributed by atoms with Gasteiger partial charge in [0.25, 0.3) is 0 Å². The van der Waals surface area contributed by atoms with Crippen molar-refractivity contribution < 1.29 is 14.1 Å². The summed E-state index contributed by atoms with van der Waals surface area (Å²) < 4.78 is 5.46. The van der Waals surface area contributed by atoms with Gasteiger partial charge in [-0.3, -0.25) is 14.9 Å². The molecule has 1 unspecified atom stereocenters. The van der Waals surface area contributed by atoms with Gasteiger partial charge >= 0.3 is 11.8 Å². The number of aryl methyl sites for hydroxylation is 1. The zero-order valence-corrected chi connectivity index (χ0v) is 16.5. The van der Waals surface area contributed by atoms with Crippen molar-refractivity contribution in [2.24, 2.45) is 0 Å². The third-order valence-corrected chi connectivity index (χ3v) is 6.44. The number of nitrogens with one attached hydrogen (secondary N) is 1. The minimum absolute atomic E-state index is 0.0216. The first kappa shape index (κ1) is 18.7. The zero-order chi connectivity index (χ0) is 19.7. The number of hydrogen-bond donors (Lipinski definition) is 1. The van der Waals surface area contributed by atoms with Gasteiger partial charge < -0.3 is 9.42 Å². The summed E-state index contributed by atoms with van der Waals surface area (Å²) in [5.41, 5.74) is 2.57. The second-order valence-electron chi connectivity index (χ2n) is 8.38. The molecular weight excluding hydrogens is 354 g/mol. The lowest BCUT2D eigenvalue weighted by atomic mass is 9.86. The number of amides is 2. The van der Waals surface area contributed by atoms with Gasteiger partial charge in [0.05, 0.1) is 0 Å². The molecule has 28 heavy (non-hydrogen) atoms. The molecule has 1 aromatic carbocycles. The Balaban J connectivity index is 1.38. The highest BCUT2D eigenvalue weighted by molar-refractivity contribution is 6.39. The molecule has 0 spiro atoms. The summed E-state index contributed by atoms with van der Waals surface area (Å²) in [5, 5.41) is 6.56. The molecule has 0 bridgehead atoms. The smallest absolute Gasteiger partial charge is 0.315 e. The second kappa shape index (κ2) is 7.41. The van der Waals surface area contributed by atoms with Crippen LogP contribution >= 0.6 is 0 Å². The number of aromatic nitrogens is 1. The number of benzene rings is 1. The first-order valence-corrected chi connectivity index (χ1v) is 10.1. The fraction of sp³-hybridized carbons (Fsp3) is 0.500. The molecule has 2 amide bonds. The minimum Gasteiger partial charge on any atom is -0.359 e. The summed E-state index contributed by atoms with van der Waals surface area (Å²) in [4.78, 5) is 26.7. The maximum Gasteiger partial charge on any atom is 0.315 e. The van der Waals surface area contributed by atoms with Crippen molar-refractivity contribution in [1.29, 1.82) is 0 Å². The summed E-state index contributed by atoms with van der Waals surface area (Å²) >= 11 is 0. The van der Waals surface area contributed by atoms with Gasteiger partial charge in [0.2, 0.25) is 0 Å². The summed E-state index contributed by atoms with van der Waals surface area (Å²) in [5.74, 6) is -0.118. The quantitative estimate of drug-likeness (QED) is 0.826. The van der Waals surface area contributed by atoms with Crippen molar-refractivity contribution in [2.75, 3.05) is 12.4 Å². The average Bonchev–Trinajstić information content (AvgIpc) is 3.36. The van der Waals surface area contributed by atoms with E-state index in [1.165, 1.54) is 24.0 Å². The molecule has 0 radical (unpaired) electrons. The van der Waals surface area contributed by atoms with Gasteiger partial charge in [-0.05, 0) is 43.2 Å². The van der Waals surface area contributed by atoms with Crippen molar-refractivity contribution in [3.63, 3.8) is 0 Å². The molecule has 6 heteroatoms. The zero-order valence-electron chi connectivity index (χ0n) is 16.5. The largest absolute Gasteiger partial charge is 0.359 e. The molecule has 148 valence electrons. The summed E-state index contributed by atoms with van der Waals surface area (Å²) in [6, 6.07) is 10.1. The van der Waals surface area contributed by atoms with E-state index in [0.29, 0.717) is 5.82 Å². The van der Waals surface area contributed by atoms with Crippen LogP contribution in [-0.4, -0.2) is 35.0 Å². The van der Waals surface area contributed by atoms with Crippen molar-refractivity contribution in [2.45, 2.75) is 63.3 Å². The summed E-state index contributed by atoms with van der Waals surface area (Å²) in [6.07, 6.45) is 7.02. The Bertz CT molecular complexity index is 883. The van der Waals surface area contributed by atoms with E-state index in [4.69, 9.17) is 4.52 Å². The van der Waals surface area contributed by atoms with E-state index in [2.05, 4.69) is 29.5 Å². The van der Waals surface area contributed by atoms with Crippen LogP contribution in [0.3, 0.4) is 0 Å². The molecule has 1 atom stereocenters. The minimum atomic E-state index is -0.669. The molecule has 1 aromatic heterocycles. The van der Waals surface area contributed by atoms with Crippen LogP contribution in [0.1, 0.15) is 55.9 Å².